The number of carbonyl (C=O) groups excluding carboxylic acids is 1. The highest BCUT2D eigenvalue weighted by Crippen LogP contribution is 2.45. The predicted molar refractivity (Wildman–Crippen MR) is 139 cm³/mol. The van der Waals surface area contributed by atoms with Crippen LogP contribution >= 0.6 is 11.8 Å². The van der Waals surface area contributed by atoms with Crippen LogP contribution in [-0.4, -0.2) is 54.0 Å². The lowest BCUT2D eigenvalue weighted by Crippen LogP contribution is -2.71. The van der Waals surface area contributed by atoms with Crippen LogP contribution in [0.5, 0.6) is 11.5 Å². The third-order valence-electron chi connectivity index (χ3n) is 6.66. The van der Waals surface area contributed by atoms with E-state index >= 15 is 0 Å². The van der Waals surface area contributed by atoms with Gasteiger partial charge in [-0.1, -0.05) is 60.7 Å². The number of ether oxygens (including phenoxy) is 5. The molecule has 2 aliphatic rings. The molecule has 2 saturated heterocycles. The molecule has 3 aromatic carbocycles. The van der Waals surface area contributed by atoms with Crippen LogP contribution in [0.2, 0.25) is 0 Å². The zero-order valence-electron chi connectivity index (χ0n) is 20.7. The van der Waals surface area contributed by atoms with Gasteiger partial charge < -0.3 is 28.8 Å². The first-order valence-electron chi connectivity index (χ1n) is 12.2. The summed E-state index contributed by atoms with van der Waals surface area (Å²) in [6.07, 6.45) is -3.03. The molecule has 3 aromatic rings. The maximum Gasteiger partial charge on any atom is 0.237 e. The second-order valence-electron chi connectivity index (χ2n) is 9.08. The number of ketones is 1. The molecule has 2 heterocycles. The van der Waals surface area contributed by atoms with Crippen molar-refractivity contribution >= 4 is 17.5 Å². The average molecular weight is 523 g/mol. The summed E-state index contributed by atoms with van der Waals surface area (Å²) in [7, 11) is 1.62. The van der Waals surface area contributed by atoms with E-state index in [1.165, 1.54) is 18.7 Å². The number of hydrogen-bond donors (Lipinski definition) is 1. The van der Waals surface area contributed by atoms with E-state index in [9.17, 15) is 9.90 Å². The summed E-state index contributed by atoms with van der Waals surface area (Å²) < 4.78 is 29.9. The molecule has 1 N–H and O–H groups in total. The largest absolute Gasteiger partial charge is 0.497 e. The van der Waals surface area contributed by atoms with E-state index in [-0.39, 0.29) is 6.61 Å². The van der Waals surface area contributed by atoms with Crippen molar-refractivity contribution in [1.29, 1.82) is 0 Å². The number of methoxy groups -OCH3 is 1. The number of rotatable bonds is 8. The van der Waals surface area contributed by atoms with Gasteiger partial charge in [0.1, 0.15) is 23.7 Å². The fourth-order valence-electron chi connectivity index (χ4n) is 4.60. The highest BCUT2D eigenvalue weighted by Gasteiger charge is 2.62. The Hall–Kier alpha value is -2.88. The van der Waals surface area contributed by atoms with E-state index in [0.717, 1.165) is 16.9 Å². The highest BCUT2D eigenvalue weighted by atomic mass is 32.2. The lowest BCUT2D eigenvalue weighted by atomic mass is 9.85. The molecule has 0 bridgehead atoms. The SMILES string of the molecule is COc1ccc(CS[C@H]2[C@@H]3OC(c4ccccc4)OC[C@H]3O[C@H](Oc3ccccc3)[C@]2(O)C(C)=O)cc1. The predicted octanol–water partition coefficient (Wildman–Crippen LogP) is 4.54. The van der Waals surface area contributed by atoms with Crippen LogP contribution in [0.1, 0.15) is 24.3 Å². The van der Waals surface area contributed by atoms with E-state index in [0.29, 0.717) is 11.5 Å². The summed E-state index contributed by atoms with van der Waals surface area (Å²) >= 11 is 1.44. The topological polar surface area (TPSA) is 83.5 Å². The number of carbonyl (C=O) groups is 1. The monoisotopic (exact) mass is 522 g/mol. The summed E-state index contributed by atoms with van der Waals surface area (Å²) in [5.41, 5.74) is -0.0898. The molecule has 5 rings (SSSR count). The van der Waals surface area contributed by atoms with E-state index < -0.39 is 41.4 Å². The minimum absolute atomic E-state index is 0.229. The van der Waals surface area contributed by atoms with Crippen molar-refractivity contribution in [2.45, 2.75) is 48.3 Å². The highest BCUT2D eigenvalue weighted by molar-refractivity contribution is 7.99. The summed E-state index contributed by atoms with van der Waals surface area (Å²) in [6, 6.07) is 26.3. The number of hydrogen-bond acceptors (Lipinski definition) is 8. The first kappa shape index (κ1) is 25.8. The number of Topliss-reactive ketones (excluding diaryl/α,β-unsaturated/α-hetero) is 1. The lowest BCUT2D eigenvalue weighted by Gasteiger charge is -2.52. The Kier molecular flexibility index (Phi) is 7.83. The first-order chi connectivity index (χ1) is 18.0. The Morgan fingerprint density at radius 1 is 0.973 bits per heavy atom. The van der Waals surface area contributed by atoms with Crippen LogP contribution in [0.15, 0.2) is 84.9 Å². The van der Waals surface area contributed by atoms with Crippen LogP contribution in [0.25, 0.3) is 0 Å². The van der Waals surface area contributed by atoms with Crippen LogP contribution in [-0.2, 0) is 24.8 Å². The van der Waals surface area contributed by atoms with Gasteiger partial charge in [-0.15, -0.1) is 11.8 Å². The zero-order valence-corrected chi connectivity index (χ0v) is 21.5. The fraction of sp³-hybridized carbons (Fsp3) is 0.345. The molecule has 2 aliphatic heterocycles. The standard InChI is InChI=1S/C29H30O7S/c1-19(30)29(31)26(37-18-20-13-15-22(32-2)16-14-20)25-24(35-28(29)34-23-11-7-4-8-12-23)17-33-27(36-25)21-9-5-3-6-10-21/h3-16,24-28,31H,17-18H2,1-2H3/t24-,25-,26+,27?,28+,29+/m1/s1. The van der Waals surface area contributed by atoms with Crippen LogP contribution < -0.4 is 9.47 Å². The molecule has 37 heavy (non-hydrogen) atoms. The molecule has 7 nitrogen and oxygen atoms in total. The van der Waals surface area contributed by atoms with Crippen molar-refractivity contribution < 1.29 is 33.6 Å². The van der Waals surface area contributed by atoms with Gasteiger partial charge in [-0.2, -0.15) is 0 Å². The molecule has 8 heteroatoms. The molecular formula is C29H30O7S. The molecule has 0 aromatic heterocycles. The normalized spacial score (nSPS) is 29.2. The van der Waals surface area contributed by atoms with Gasteiger partial charge in [-0.05, 0) is 36.8 Å². The Labute approximate surface area is 220 Å². The zero-order chi connectivity index (χ0) is 25.8. The number of aliphatic hydroxyl groups is 1. The Morgan fingerprint density at radius 3 is 2.30 bits per heavy atom. The Balaban J connectivity index is 1.46. The molecular weight excluding hydrogens is 492 g/mol. The van der Waals surface area contributed by atoms with Gasteiger partial charge in [0.25, 0.3) is 0 Å². The average Bonchev–Trinajstić information content (AvgIpc) is 2.94. The summed E-state index contributed by atoms with van der Waals surface area (Å²) in [5.74, 6) is 1.33. The van der Waals surface area contributed by atoms with Crippen molar-refractivity contribution in [3.05, 3.63) is 96.1 Å². The van der Waals surface area contributed by atoms with Crippen LogP contribution in [0.4, 0.5) is 0 Å². The van der Waals surface area contributed by atoms with E-state index in [4.69, 9.17) is 23.7 Å². The van der Waals surface area contributed by atoms with E-state index in [2.05, 4.69) is 0 Å². The first-order valence-corrected chi connectivity index (χ1v) is 13.2. The summed E-state index contributed by atoms with van der Waals surface area (Å²) in [5, 5.41) is 11.3. The van der Waals surface area contributed by atoms with Crippen LogP contribution in [0, 0.1) is 0 Å². The van der Waals surface area contributed by atoms with Crippen molar-refractivity contribution in [2.75, 3.05) is 13.7 Å². The van der Waals surface area contributed by atoms with Gasteiger partial charge in [-0.3, -0.25) is 4.79 Å². The number of para-hydroxylation sites is 1. The molecule has 6 atom stereocenters. The number of thioether (sulfide) groups is 1. The second-order valence-corrected chi connectivity index (χ2v) is 10.2. The smallest absolute Gasteiger partial charge is 0.237 e. The quantitative estimate of drug-likeness (QED) is 0.462. The molecule has 0 spiro atoms. The molecule has 0 aliphatic carbocycles. The van der Waals surface area contributed by atoms with Gasteiger partial charge >= 0.3 is 0 Å². The summed E-state index contributed by atoms with van der Waals surface area (Å²) in [4.78, 5) is 13.1. The van der Waals surface area contributed by atoms with Crippen molar-refractivity contribution in [1.82, 2.24) is 0 Å². The van der Waals surface area contributed by atoms with Gasteiger partial charge in [0.15, 0.2) is 17.7 Å². The van der Waals surface area contributed by atoms with Crippen molar-refractivity contribution in [3.8, 4) is 11.5 Å². The fourth-order valence-corrected chi connectivity index (χ4v) is 6.12. The molecule has 194 valence electrons. The molecule has 2 fully saturated rings. The lowest BCUT2D eigenvalue weighted by molar-refractivity contribution is -0.335. The van der Waals surface area contributed by atoms with E-state index in [1.54, 1.807) is 19.2 Å². The third-order valence-corrected chi connectivity index (χ3v) is 8.15. The number of fused-ring (bicyclic) bond motifs is 1. The van der Waals surface area contributed by atoms with Gasteiger partial charge in [0.05, 0.1) is 19.0 Å². The number of benzene rings is 3. The van der Waals surface area contributed by atoms with E-state index in [1.807, 2.05) is 72.8 Å². The van der Waals surface area contributed by atoms with Gasteiger partial charge in [0.2, 0.25) is 6.29 Å². The molecule has 0 saturated carbocycles. The molecule has 0 amide bonds. The second kappa shape index (κ2) is 11.2. The van der Waals surface area contributed by atoms with Crippen molar-refractivity contribution in [2.24, 2.45) is 0 Å². The maximum atomic E-state index is 13.1. The third kappa shape index (κ3) is 5.39. The minimum Gasteiger partial charge on any atom is -0.497 e. The Morgan fingerprint density at radius 2 is 1.65 bits per heavy atom. The van der Waals surface area contributed by atoms with Gasteiger partial charge in [-0.25, -0.2) is 0 Å². The minimum atomic E-state index is -1.97. The van der Waals surface area contributed by atoms with Gasteiger partial charge in [0, 0.05) is 11.3 Å². The molecule has 1 unspecified atom stereocenters. The van der Waals surface area contributed by atoms with Crippen LogP contribution in [0.3, 0.4) is 0 Å². The maximum absolute atomic E-state index is 13.1. The van der Waals surface area contributed by atoms with Crippen molar-refractivity contribution in [3.63, 3.8) is 0 Å². The Bertz CT molecular complexity index is 1170. The summed E-state index contributed by atoms with van der Waals surface area (Å²) in [6.45, 7) is 1.59. The molecule has 0 radical (unpaired) electrons.